The van der Waals surface area contributed by atoms with Crippen molar-refractivity contribution in [2.24, 2.45) is 0 Å². The molecule has 414 valence electrons. The number of benzene rings is 16. The topological polar surface area (TPSA) is 0 Å². The van der Waals surface area contributed by atoms with Crippen LogP contribution in [0.3, 0.4) is 0 Å². The fraction of sp³-hybridized carbons (Fsp3) is 0. The molecule has 0 aliphatic heterocycles. The van der Waals surface area contributed by atoms with E-state index in [0.717, 1.165) is 16.7 Å². The minimum atomic E-state index is 1.14. The Hall–Kier alpha value is -11.7. The Bertz CT molecular complexity index is 5060. The zero-order valence-corrected chi connectivity index (χ0v) is 49.2. The summed E-state index contributed by atoms with van der Waals surface area (Å²) < 4.78 is 0. The lowest BCUT2D eigenvalue weighted by atomic mass is 9.78. The molecular weight excluding hydrogens is 1080 g/mol. The summed E-state index contributed by atoms with van der Waals surface area (Å²) in [5, 5.41) is 7.67. The number of fused-ring (bicyclic) bond motifs is 9. The molecule has 0 amide bonds. The Morgan fingerprint density at radius 3 is 0.544 bits per heavy atom. The molecule has 0 aromatic heterocycles. The van der Waals surface area contributed by atoms with E-state index in [1.165, 1.54) is 183 Å². The van der Waals surface area contributed by atoms with E-state index >= 15 is 0 Å². The van der Waals surface area contributed by atoms with E-state index in [-0.39, 0.29) is 0 Å². The van der Waals surface area contributed by atoms with E-state index in [0.29, 0.717) is 0 Å². The largest absolute Gasteiger partial charge is 0.0622 e. The molecule has 0 radical (unpaired) electrons. The molecule has 3 aliphatic rings. The maximum absolute atomic E-state index is 2.55. The Morgan fingerprint density at radius 1 is 0.111 bits per heavy atom. The lowest BCUT2D eigenvalue weighted by Gasteiger charge is -2.25. The van der Waals surface area contributed by atoms with Crippen molar-refractivity contribution in [2.45, 2.75) is 0 Å². The molecule has 0 saturated carbocycles. The highest BCUT2D eigenvalue weighted by Gasteiger charge is 2.35. The molecule has 0 spiro atoms. The number of hydrogen-bond donors (Lipinski definition) is 0. The first-order valence-electron chi connectivity index (χ1n) is 31.4. The average molecular weight is 1140 g/mol. The van der Waals surface area contributed by atoms with E-state index < -0.39 is 0 Å². The van der Waals surface area contributed by atoms with Gasteiger partial charge in [0.15, 0.2) is 0 Å². The molecule has 0 N–H and O–H groups in total. The Labute approximate surface area is 523 Å². The van der Waals surface area contributed by atoms with Gasteiger partial charge in [-0.25, -0.2) is 0 Å². The van der Waals surface area contributed by atoms with Gasteiger partial charge in [-0.05, 0) is 236 Å². The number of hydrogen-bond acceptors (Lipinski definition) is 0. The highest BCUT2D eigenvalue weighted by molar-refractivity contribution is 6.26. The van der Waals surface area contributed by atoms with Crippen LogP contribution in [0.4, 0.5) is 0 Å². The Balaban J connectivity index is 1.01. The molecule has 0 unspecified atom stereocenters. The van der Waals surface area contributed by atoms with E-state index in [1.54, 1.807) is 0 Å². The van der Waals surface area contributed by atoms with Crippen LogP contribution in [0.25, 0.3) is 199 Å². The molecule has 3 aliphatic carbocycles. The summed E-state index contributed by atoms with van der Waals surface area (Å²) in [4.78, 5) is 0. The smallest absolute Gasteiger partial charge is 0.000764 e. The SMILES string of the molecule is c1ccc(-c2cc(-c3cc(-c4cc(-c5ccccc5)c5c(c4-c4ccccc4)-c4cccc6cccc-5c46)cc(-c4cc(-c5ccccc5)c5c(c4-c4ccccc4)-c4cccc6cccc-5c46)c3)c(-c3ccccc3)c3c2-c2cccc4cccc-3c24)cc1. The highest BCUT2D eigenvalue weighted by atomic mass is 14.4. The van der Waals surface area contributed by atoms with E-state index in [2.05, 4.69) is 328 Å². The first-order chi connectivity index (χ1) is 44.7. The van der Waals surface area contributed by atoms with Crippen molar-refractivity contribution in [3.05, 3.63) is 328 Å². The van der Waals surface area contributed by atoms with Gasteiger partial charge in [0.1, 0.15) is 0 Å². The normalized spacial score (nSPS) is 12.0. The van der Waals surface area contributed by atoms with Gasteiger partial charge in [0, 0.05) is 0 Å². The summed E-state index contributed by atoms with van der Waals surface area (Å²) >= 11 is 0. The standard InChI is InChI=1S/C90H54/c1-7-25-55(26-8-1)73-52-76(82(61-31-13-4-14-32-61)88-70-46-22-40-58-37-19-43-67(79(58)70)85(73)88)64-49-65(77-53-74(56-27-9-2-10-28-56)86-68-44-20-38-59-41-23-47-71(80(59)68)89(86)83(77)62-33-15-5-16-34-62)51-66(50-64)78-54-75(57-29-11-3-12-30-57)87-69-45-21-39-60-42-24-48-72(81(60)69)90(87)84(78)63-35-17-6-18-36-63/h1-54H. The van der Waals surface area contributed by atoms with Crippen LogP contribution in [0.1, 0.15) is 0 Å². The van der Waals surface area contributed by atoms with E-state index in [4.69, 9.17) is 0 Å². The first-order valence-corrected chi connectivity index (χ1v) is 31.4. The van der Waals surface area contributed by atoms with Crippen LogP contribution in [-0.4, -0.2) is 0 Å². The van der Waals surface area contributed by atoms with Crippen molar-refractivity contribution in [1.82, 2.24) is 0 Å². The summed E-state index contributed by atoms with van der Waals surface area (Å²) in [6, 6.07) is 124. The fourth-order valence-electron chi connectivity index (χ4n) is 16.0. The van der Waals surface area contributed by atoms with Gasteiger partial charge >= 0.3 is 0 Å². The zero-order chi connectivity index (χ0) is 59.0. The number of rotatable bonds is 9. The fourth-order valence-corrected chi connectivity index (χ4v) is 16.0. The minimum Gasteiger partial charge on any atom is -0.0622 e. The molecule has 16 aromatic carbocycles. The molecule has 0 nitrogen and oxygen atoms in total. The third-order valence-corrected chi connectivity index (χ3v) is 19.6. The van der Waals surface area contributed by atoms with Gasteiger partial charge in [-0.15, -0.1) is 0 Å². The van der Waals surface area contributed by atoms with Crippen LogP contribution in [0.15, 0.2) is 328 Å². The lowest BCUT2D eigenvalue weighted by Crippen LogP contribution is -1.98. The molecular formula is C90H54. The highest BCUT2D eigenvalue weighted by Crippen LogP contribution is 2.62. The van der Waals surface area contributed by atoms with Crippen molar-refractivity contribution in [2.75, 3.05) is 0 Å². The average Bonchev–Trinajstić information content (AvgIpc) is 1.59. The molecule has 0 heteroatoms. The van der Waals surface area contributed by atoms with Gasteiger partial charge in [0.2, 0.25) is 0 Å². The Morgan fingerprint density at radius 2 is 0.311 bits per heavy atom. The predicted octanol–water partition coefficient (Wildman–Crippen LogP) is 25.1. The summed E-state index contributed by atoms with van der Waals surface area (Å²) in [6.45, 7) is 0. The summed E-state index contributed by atoms with van der Waals surface area (Å²) in [7, 11) is 0. The van der Waals surface area contributed by atoms with Crippen molar-refractivity contribution in [3.63, 3.8) is 0 Å². The molecule has 0 saturated heterocycles. The second-order valence-corrected chi connectivity index (χ2v) is 24.4. The third kappa shape index (κ3) is 7.49. The van der Waals surface area contributed by atoms with Gasteiger partial charge in [-0.2, -0.15) is 0 Å². The van der Waals surface area contributed by atoms with Crippen molar-refractivity contribution in [3.8, 4) is 167 Å². The molecule has 16 aromatic rings. The van der Waals surface area contributed by atoms with Crippen LogP contribution in [0.2, 0.25) is 0 Å². The van der Waals surface area contributed by atoms with Crippen LogP contribution in [0.5, 0.6) is 0 Å². The van der Waals surface area contributed by atoms with Crippen molar-refractivity contribution < 1.29 is 0 Å². The molecule has 0 fully saturated rings. The van der Waals surface area contributed by atoms with Crippen molar-refractivity contribution in [1.29, 1.82) is 0 Å². The summed E-state index contributed by atoms with van der Waals surface area (Å²) in [5.74, 6) is 0. The van der Waals surface area contributed by atoms with Gasteiger partial charge < -0.3 is 0 Å². The Kier molecular flexibility index (Phi) is 11.2. The zero-order valence-electron chi connectivity index (χ0n) is 49.2. The van der Waals surface area contributed by atoms with Crippen LogP contribution < -0.4 is 0 Å². The minimum absolute atomic E-state index is 1.14. The van der Waals surface area contributed by atoms with Gasteiger partial charge in [0.05, 0.1) is 0 Å². The van der Waals surface area contributed by atoms with Gasteiger partial charge in [-0.3, -0.25) is 0 Å². The summed E-state index contributed by atoms with van der Waals surface area (Å²) in [5.41, 5.74) is 36.7. The van der Waals surface area contributed by atoms with Gasteiger partial charge in [-0.1, -0.05) is 291 Å². The predicted molar refractivity (Wildman–Crippen MR) is 381 cm³/mol. The van der Waals surface area contributed by atoms with Crippen molar-refractivity contribution >= 4 is 32.3 Å². The third-order valence-electron chi connectivity index (χ3n) is 19.6. The van der Waals surface area contributed by atoms with Crippen LogP contribution in [0, 0.1) is 0 Å². The molecule has 0 heterocycles. The first kappa shape index (κ1) is 50.5. The molecule has 0 bridgehead atoms. The van der Waals surface area contributed by atoms with E-state index in [9.17, 15) is 0 Å². The van der Waals surface area contributed by atoms with Gasteiger partial charge in [0.25, 0.3) is 0 Å². The van der Waals surface area contributed by atoms with E-state index in [1.807, 2.05) is 0 Å². The molecule has 90 heavy (non-hydrogen) atoms. The molecule has 19 rings (SSSR count). The lowest BCUT2D eigenvalue weighted by molar-refractivity contribution is 1.53. The van der Waals surface area contributed by atoms with Crippen LogP contribution in [-0.2, 0) is 0 Å². The monoisotopic (exact) mass is 1130 g/mol. The molecule has 0 atom stereocenters. The second kappa shape index (κ2) is 19.9. The maximum atomic E-state index is 2.55. The maximum Gasteiger partial charge on any atom is -0.000764 e. The quantitative estimate of drug-likeness (QED) is 0.135. The second-order valence-electron chi connectivity index (χ2n) is 24.4. The van der Waals surface area contributed by atoms with Crippen LogP contribution >= 0.6 is 0 Å². The summed E-state index contributed by atoms with van der Waals surface area (Å²) in [6.07, 6.45) is 0.